The molecule has 0 saturated heterocycles. The third-order valence-electron chi connectivity index (χ3n) is 1.49. The molecule has 76 valence electrons. The lowest BCUT2D eigenvalue weighted by Crippen LogP contribution is -2.38. The monoisotopic (exact) mass is 298 g/mol. The van der Waals surface area contributed by atoms with E-state index in [0.29, 0.717) is 11.0 Å². The molecule has 0 aromatic carbocycles. The fourth-order valence-corrected chi connectivity index (χ4v) is 1.31. The van der Waals surface area contributed by atoms with E-state index in [4.69, 9.17) is 0 Å². The molecule has 0 aliphatic heterocycles. The predicted octanol–water partition coefficient (Wildman–Crippen LogP) is 0.406. The number of carbonyl (C=O) groups excluding carboxylic acids is 2. The van der Waals surface area contributed by atoms with Gasteiger partial charge in [0.15, 0.2) is 0 Å². The van der Waals surface area contributed by atoms with Crippen molar-refractivity contribution < 1.29 is 9.59 Å². The fraction of sp³-hybridized carbons (Fsp3) is 0.750. The first-order valence-electron chi connectivity index (χ1n) is 4.18. The molecule has 5 heteroatoms. The van der Waals surface area contributed by atoms with Crippen LogP contribution in [0.15, 0.2) is 0 Å². The Balaban J connectivity index is 3.71. The van der Waals surface area contributed by atoms with Crippen LogP contribution in [-0.2, 0) is 9.59 Å². The summed E-state index contributed by atoms with van der Waals surface area (Å²) in [5, 5.41) is 2.71. The lowest BCUT2D eigenvalue weighted by molar-refractivity contribution is -0.132. The van der Waals surface area contributed by atoms with Gasteiger partial charge in [-0.1, -0.05) is 29.5 Å². The third-order valence-corrected chi connectivity index (χ3v) is 2.15. The number of hydrogen-bond donors (Lipinski definition) is 1. The molecule has 1 N–H and O–H groups in total. The summed E-state index contributed by atoms with van der Waals surface area (Å²) in [7, 11) is 1.63. The van der Waals surface area contributed by atoms with Gasteiger partial charge < -0.3 is 10.2 Å². The first-order valence-corrected chi connectivity index (χ1v) is 5.71. The zero-order chi connectivity index (χ0) is 10.3. The molecule has 0 aliphatic rings. The van der Waals surface area contributed by atoms with Crippen LogP contribution in [-0.4, -0.2) is 41.3 Å². The smallest absolute Gasteiger partial charge is 0.239 e. The number of nitrogens with zero attached hydrogens (tertiary/aromatic N) is 1. The maximum absolute atomic E-state index is 11.1. The highest BCUT2D eigenvalue weighted by Gasteiger charge is 2.10. The molecule has 4 nitrogen and oxygen atoms in total. The van der Waals surface area contributed by atoms with Gasteiger partial charge in [0.1, 0.15) is 0 Å². The number of hydrogen-bond acceptors (Lipinski definition) is 2. The lowest BCUT2D eigenvalue weighted by Gasteiger charge is -2.14. The zero-order valence-corrected chi connectivity index (χ0v) is 10.1. The summed E-state index contributed by atoms with van der Waals surface area (Å²) in [4.78, 5) is 23.6. The van der Waals surface area contributed by atoms with Crippen LogP contribution < -0.4 is 5.32 Å². The van der Waals surface area contributed by atoms with Crippen LogP contribution in [0, 0.1) is 0 Å². The molecule has 2 amide bonds. The average molecular weight is 298 g/mol. The second-order valence-corrected chi connectivity index (χ2v) is 3.50. The Morgan fingerprint density at radius 2 is 2.08 bits per heavy atom. The van der Waals surface area contributed by atoms with Crippen LogP contribution in [0.2, 0.25) is 0 Å². The van der Waals surface area contributed by atoms with E-state index in [2.05, 4.69) is 5.32 Å². The van der Waals surface area contributed by atoms with Crippen LogP contribution >= 0.6 is 22.6 Å². The SMILES string of the molecule is CCCNC(=O)CN(C)C(=O)CI. The number of alkyl halides is 1. The topological polar surface area (TPSA) is 49.4 Å². The quantitative estimate of drug-likeness (QED) is 0.590. The molecule has 13 heavy (non-hydrogen) atoms. The number of likely N-dealkylation sites (N-methyl/N-ethyl adjacent to an activating group) is 1. The molecular weight excluding hydrogens is 283 g/mol. The van der Waals surface area contributed by atoms with Gasteiger partial charge in [0, 0.05) is 13.6 Å². The van der Waals surface area contributed by atoms with Crippen molar-refractivity contribution in [1.82, 2.24) is 10.2 Å². The van der Waals surface area contributed by atoms with Gasteiger partial charge in [0.05, 0.1) is 11.0 Å². The van der Waals surface area contributed by atoms with Crippen molar-refractivity contribution in [2.45, 2.75) is 13.3 Å². The van der Waals surface area contributed by atoms with Crippen LogP contribution in [0.1, 0.15) is 13.3 Å². The third kappa shape index (κ3) is 5.84. The number of amides is 2. The predicted molar refractivity (Wildman–Crippen MR) is 59.8 cm³/mol. The summed E-state index contributed by atoms with van der Waals surface area (Å²) in [6.07, 6.45) is 0.912. The number of nitrogens with one attached hydrogen (secondary N) is 1. The minimum atomic E-state index is -0.0949. The minimum absolute atomic E-state index is 0.0211. The largest absolute Gasteiger partial charge is 0.355 e. The molecule has 0 fully saturated rings. The molecular formula is C8H15IN2O2. The molecule has 0 saturated carbocycles. The van der Waals surface area contributed by atoms with Gasteiger partial charge in [-0.2, -0.15) is 0 Å². The molecule has 0 radical (unpaired) electrons. The maximum Gasteiger partial charge on any atom is 0.239 e. The van der Waals surface area contributed by atoms with E-state index in [-0.39, 0.29) is 18.4 Å². The Labute approximate surface area is 92.2 Å². The highest BCUT2D eigenvalue weighted by atomic mass is 127. The molecule has 0 aromatic heterocycles. The number of halogens is 1. The van der Waals surface area contributed by atoms with E-state index in [9.17, 15) is 9.59 Å². The van der Waals surface area contributed by atoms with Crippen LogP contribution in [0.4, 0.5) is 0 Å². The van der Waals surface area contributed by atoms with Crippen molar-refractivity contribution >= 4 is 34.4 Å². The van der Waals surface area contributed by atoms with E-state index in [1.165, 1.54) is 4.90 Å². The van der Waals surface area contributed by atoms with Crippen molar-refractivity contribution in [3.63, 3.8) is 0 Å². The second kappa shape index (κ2) is 7.11. The Morgan fingerprint density at radius 3 is 2.54 bits per heavy atom. The van der Waals surface area contributed by atoms with Gasteiger partial charge in [-0.15, -0.1) is 0 Å². The van der Waals surface area contributed by atoms with Crippen LogP contribution in [0.3, 0.4) is 0 Å². The molecule has 0 heterocycles. The van der Waals surface area contributed by atoms with E-state index < -0.39 is 0 Å². The van der Waals surface area contributed by atoms with Gasteiger partial charge in [0.25, 0.3) is 0 Å². The highest BCUT2D eigenvalue weighted by molar-refractivity contribution is 14.1. The second-order valence-electron chi connectivity index (χ2n) is 2.73. The molecule has 0 unspecified atom stereocenters. The van der Waals surface area contributed by atoms with Crippen LogP contribution in [0.5, 0.6) is 0 Å². The van der Waals surface area contributed by atoms with E-state index in [0.717, 1.165) is 6.42 Å². The lowest BCUT2D eigenvalue weighted by atomic mass is 10.4. The highest BCUT2D eigenvalue weighted by Crippen LogP contribution is 1.89. The van der Waals surface area contributed by atoms with Crippen molar-refractivity contribution in [1.29, 1.82) is 0 Å². The van der Waals surface area contributed by atoms with Crippen molar-refractivity contribution in [3.05, 3.63) is 0 Å². The molecule has 0 aromatic rings. The van der Waals surface area contributed by atoms with E-state index >= 15 is 0 Å². The Hall–Kier alpha value is -0.330. The molecule has 0 spiro atoms. The molecule has 0 atom stereocenters. The zero-order valence-electron chi connectivity index (χ0n) is 7.97. The molecule has 0 rings (SSSR count). The van der Waals surface area contributed by atoms with Crippen molar-refractivity contribution in [2.75, 3.05) is 24.6 Å². The van der Waals surface area contributed by atoms with E-state index in [1.807, 2.05) is 29.5 Å². The summed E-state index contributed by atoms with van der Waals surface area (Å²) in [6, 6.07) is 0. The standard InChI is InChI=1S/C8H15IN2O2/c1-3-4-10-7(12)6-11(2)8(13)5-9/h3-6H2,1-2H3,(H,10,12). The summed E-state index contributed by atoms with van der Waals surface area (Å²) in [5.41, 5.74) is 0. The summed E-state index contributed by atoms with van der Waals surface area (Å²) in [5.74, 6) is -0.116. The first kappa shape index (κ1) is 12.7. The van der Waals surface area contributed by atoms with Crippen molar-refractivity contribution in [2.24, 2.45) is 0 Å². The first-order chi connectivity index (χ1) is 6.11. The van der Waals surface area contributed by atoms with Crippen molar-refractivity contribution in [3.8, 4) is 0 Å². The molecule has 0 aliphatic carbocycles. The van der Waals surface area contributed by atoms with Gasteiger partial charge in [-0.25, -0.2) is 0 Å². The Kier molecular flexibility index (Phi) is 6.93. The maximum atomic E-state index is 11.1. The van der Waals surface area contributed by atoms with Gasteiger partial charge in [-0.3, -0.25) is 9.59 Å². The van der Waals surface area contributed by atoms with Gasteiger partial charge in [-0.05, 0) is 6.42 Å². The fourth-order valence-electron chi connectivity index (χ4n) is 0.726. The average Bonchev–Trinajstić information content (AvgIpc) is 2.13. The van der Waals surface area contributed by atoms with Crippen LogP contribution in [0.25, 0.3) is 0 Å². The van der Waals surface area contributed by atoms with E-state index in [1.54, 1.807) is 7.05 Å². The number of rotatable bonds is 5. The van der Waals surface area contributed by atoms with Gasteiger partial charge >= 0.3 is 0 Å². The van der Waals surface area contributed by atoms with Gasteiger partial charge in [0.2, 0.25) is 11.8 Å². The normalized spacial score (nSPS) is 9.46. The molecule has 0 bridgehead atoms. The summed E-state index contributed by atoms with van der Waals surface area (Å²) >= 11 is 1.98. The number of carbonyl (C=O) groups is 2. The Morgan fingerprint density at radius 1 is 1.46 bits per heavy atom. The summed E-state index contributed by atoms with van der Waals surface area (Å²) < 4.78 is 0.412. The minimum Gasteiger partial charge on any atom is -0.355 e. The summed E-state index contributed by atoms with van der Waals surface area (Å²) in [6.45, 7) is 2.81. The Bertz CT molecular complexity index is 185.